The van der Waals surface area contributed by atoms with E-state index in [1.165, 1.54) is 10.9 Å². The van der Waals surface area contributed by atoms with Gasteiger partial charge in [0.1, 0.15) is 11.7 Å². The molecule has 2 aromatic heterocycles. The van der Waals surface area contributed by atoms with Crippen LogP contribution in [0.3, 0.4) is 0 Å². The van der Waals surface area contributed by atoms with Gasteiger partial charge in [-0.3, -0.25) is 19.0 Å². The van der Waals surface area contributed by atoms with Gasteiger partial charge >= 0.3 is 0 Å². The number of carbonyl (C=O) groups excluding carboxylic acids is 2. The Labute approximate surface area is 148 Å². The molecule has 0 aliphatic heterocycles. The van der Waals surface area contributed by atoms with E-state index in [9.17, 15) is 9.59 Å². The molecule has 8 nitrogen and oxygen atoms in total. The summed E-state index contributed by atoms with van der Waals surface area (Å²) in [4.78, 5) is 24.7. The second-order valence-corrected chi connectivity index (χ2v) is 6.35. The third-order valence-corrected chi connectivity index (χ3v) is 4.36. The maximum atomic E-state index is 12.5. The number of aryl methyl sites for hydroxylation is 2. The van der Waals surface area contributed by atoms with Gasteiger partial charge in [0, 0.05) is 19.8 Å². The molecule has 2 amide bonds. The van der Waals surface area contributed by atoms with Crippen molar-refractivity contribution in [2.75, 3.05) is 11.9 Å². The predicted molar refractivity (Wildman–Crippen MR) is 93.8 cm³/mol. The van der Waals surface area contributed by atoms with Gasteiger partial charge in [0.05, 0.1) is 22.1 Å². The molecule has 0 fully saturated rings. The van der Waals surface area contributed by atoms with Gasteiger partial charge in [-0.05, 0) is 36.2 Å². The molecule has 1 atom stereocenters. The number of rotatable bonds is 6. The number of anilines is 1. The van der Waals surface area contributed by atoms with E-state index >= 15 is 0 Å². The number of amides is 2. The molecule has 0 saturated carbocycles. The molecular weight excluding hydrogens is 376 g/mol. The van der Waals surface area contributed by atoms with Crippen molar-refractivity contribution in [1.82, 2.24) is 24.9 Å². The normalized spacial score (nSPS) is 12.0. The van der Waals surface area contributed by atoms with Crippen LogP contribution in [0.5, 0.6) is 0 Å². The maximum Gasteiger partial charge on any atom is 0.271 e. The van der Waals surface area contributed by atoms with Crippen molar-refractivity contribution >= 4 is 33.4 Å². The lowest BCUT2D eigenvalue weighted by molar-refractivity contribution is -0.119. The third kappa shape index (κ3) is 3.84. The molecule has 2 rings (SSSR count). The van der Waals surface area contributed by atoms with Crippen molar-refractivity contribution < 1.29 is 9.59 Å². The molecule has 24 heavy (non-hydrogen) atoms. The smallest absolute Gasteiger partial charge is 0.271 e. The number of aromatic nitrogens is 4. The van der Waals surface area contributed by atoms with Gasteiger partial charge in [0.25, 0.3) is 5.91 Å². The van der Waals surface area contributed by atoms with E-state index in [2.05, 4.69) is 36.8 Å². The lowest BCUT2D eigenvalue weighted by atomic mass is 10.2. The van der Waals surface area contributed by atoms with Crippen LogP contribution in [-0.2, 0) is 11.8 Å². The standard InChI is InChI=1S/C15H21BrN6O2/c1-5-6-17-15(24)13-12(7-18-21(13)4)19-14(23)10(3)22-8-11(16)9(2)20-22/h7-8,10H,5-6H2,1-4H3,(H,17,24)(H,19,23)/t10-/m1/s1. The van der Waals surface area contributed by atoms with Crippen molar-refractivity contribution in [1.29, 1.82) is 0 Å². The van der Waals surface area contributed by atoms with E-state index in [0.29, 0.717) is 17.9 Å². The minimum atomic E-state index is -0.526. The quantitative estimate of drug-likeness (QED) is 0.780. The fourth-order valence-electron chi connectivity index (χ4n) is 2.14. The number of hydrogen-bond donors (Lipinski definition) is 2. The lowest BCUT2D eigenvalue weighted by Crippen LogP contribution is -2.29. The van der Waals surface area contributed by atoms with Gasteiger partial charge in [0.2, 0.25) is 5.91 Å². The Kier molecular flexibility index (Phi) is 5.76. The highest BCUT2D eigenvalue weighted by molar-refractivity contribution is 9.10. The number of carbonyl (C=O) groups is 2. The zero-order chi connectivity index (χ0) is 17.9. The average Bonchev–Trinajstić information content (AvgIpc) is 3.07. The Morgan fingerprint density at radius 1 is 1.42 bits per heavy atom. The molecule has 0 bridgehead atoms. The Hall–Kier alpha value is -2.16. The van der Waals surface area contributed by atoms with Gasteiger partial charge in [-0.2, -0.15) is 10.2 Å². The Bertz CT molecular complexity index is 732. The third-order valence-electron chi connectivity index (χ3n) is 3.58. The summed E-state index contributed by atoms with van der Waals surface area (Å²) in [5.41, 5.74) is 1.50. The second kappa shape index (κ2) is 7.61. The van der Waals surface area contributed by atoms with Gasteiger partial charge in [0.15, 0.2) is 0 Å². The number of halogens is 1. The highest BCUT2D eigenvalue weighted by atomic mass is 79.9. The zero-order valence-electron chi connectivity index (χ0n) is 14.1. The molecule has 0 spiro atoms. The number of nitrogens with zero attached hydrogens (tertiary/aromatic N) is 4. The van der Waals surface area contributed by atoms with Gasteiger partial charge in [-0.15, -0.1) is 0 Å². The zero-order valence-corrected chi connectivity index (χ0v) is 15.7. The highest BCUT2D eigenvalue weighted by Gasteiger charge is 2.22. The fourth-order valence-corrected chi connectivity index (χ4v) is 2.42. The van der Waals surface area contributed by atoms with E-state index < -0.39 is 6.04 Å². The summed E-state index contributed by atoms with van der Waals surface area (Å²) in [5.74, 6) is -0.542. The van der Waals surface area contributed by atoms with Crippen LogP contribution in [-0.4, -0.2) is 37.9 Å². The first-order valence-electron chi connectivity index (χ1n) is 7.67. The molecule has 0 saturated heterocycles. The van der Waals surface area contributed by atoms with E-state index in [4.69, 9.17) is 0 Å². The maximum absolute atomic E-state index is 12.5. The molecule has 9 heteroatoms. The Balaban J connectivity index is 2.15. The van der Waals surface area contributed by atoms with Crippen LogP contribution in [0.25, 0.3) is 0 Å². The van der Waals surface area contributed by atoms with Crippen LogP contribution in [0.2, 0.25) is 0 Å². The molecule has 0 aliphatic carbocycles. The monoisotopic (exact) mass is 396 g/mol. The van der Waals surface area contributed by atoms with Gasteiger partial charge in [-0.25, -0.2) is 0 Å². The summed E-state index contributed by atoms with van der Waals surface area (Å²) in [6.07, 6.45) is 4.04. The van der Waals surface area contributed by atoms with Gasteiger partial charge < -0.3 is 10.6 Å². The Morgan fingerprint density at radius 3 is 2.71 bits per heavy atom. The fraction of sp³-hybridized carbons (Fsp3) is 0.467. The topological polar surface area (TPSA) is 93.8 Å². The van der Waals surface area contributed by atoms with Gasteiger partial charge in [-0.1, -0.05) is 6.92 Å². The van der Waals surface area contributed by atoms with Crippen molar-refractivity contribution in [3.8, 4) is 0 Å². The Morgan fingerprint density at radius 2 is 2.12 bits per heavy atom. The van der Waals surface area contributed by atoms with Crippen LogP contribution in [0.15, 0.2) is 16.9 Å². The lowest BCUT2D eigenvalue weighted by Gasteiger charge is -2.13. The molecule has 2 N–H and O–H groups in total. The van der Waals surface area contributed by atoms with Crippen LogP contribution < -0.4 is 10.6 Å². The summed E-state index contributed by atoms with van der Waals surface area (Å²) in [6.45, 7) is 6.12. The number of nitrogens with one attached hydrogen (secondary N) is 2. The molecule has 130 valence electrons. The number of hydrogen-bond acceptors (Lipinski definition) is 4. The van der Waals surface area contributed by atoms with Crippen LogP contribution in [0.1, 0.15) is 42.5 Å². The first-order valence-corrected chi connectivity index (χ1v) is 8.46. The second-order valence-electron chi connectivity index (χ2n) is 5.49. The van der Waals surface area contributed by atoms with E-state index in [0.717, 1.165) is 16.6 Å². The molecular formula is C15H21BrN6O2. The van der Waals surface area contributed by atoms with Crippen molar-refractivity contribution in [2.45, 2.75) is 33.2 Å². The molecule has 2 aromatic rings. The van der Waals surface area contributed by atoms with Crippen LogP contribution in [0.4, 0.5) is 5.69 Å². The summed E-state index contributed by atoms with van der Waals surface area (Å²) < 4.78 is 3.85. The summed E-state index contributed by atoms with van der Waals surface area (Å²) >= 11 is 3.38. The predicted octanol–water partition coefficient (Wildman–Crippen LogP) is 2.03. The summed E-state index contributed by atoms with van der Waals surface area (Å²) in [5, 5.41) is 13.9. The molecule has 0 unspecified atom stereocenters. The SMILES string of the molecule is CCCNC(=O)c1c(NC(=O)[C@@H](C)n2cc(Br)c(C)n2)cnn1C. The van der Waals surface area contributed by atoms with Crippen molar-refractivity contribution in [3.63, 3.8) is 0 Å². The van der Waals surface area contributed by atoms with Crippen LogP contribution in [0, 0.1) is 6.92 Å². The summed E-state index contributed by atoms with van der Waals surface area (Å²) in [6, 6.07) is -0.526. The average molecular weight is 397 g/mol. The van der Waals surface area contributed by atoms with Crippen LogP contribution >= 0.6 is 15.9 Å². The van der Waals surface area contributed by atoms with E-state index in [1.54, 1.807) is 24.9 Å². The molecule has 2 heterocycles. The van der Waals surface area contributed by atoms with Crippen molar-refractivity contribution in [2.24, 2.45) is 7.05 Å². The van der Waals surface area contributed by atoms with Crippen molar-refractivity contribution in [3.05, 3.63) is 28.3 Å². The highest BCUT2D eigenvalue weighted by Crippen LogP contribution is 2.19. The van der Waals surface area contributed by atoms with E-state index in [-0.39, 0.29) is 11.8 Å². The minimum absolute atomic E-state index is 0.266. The largest absolute Gasteiger partial charge is 0.351 e. The first kappa shape index (κ1) is 18.2. The molecule has 0 aromatic carbocycles. The molecule has 0 aliphatic rings. The molecule has 0 radical (unpaired) electrons. The van der Waals surface area contributed by atoms with E-state index in [1.807, 2.05) is 13.8 Å². The minimum Gasteiger partial charge on any atom is -0.351 e. The summed E-state index contributed by atoms with van der Waals surface area (Å²) in [7, 11) is 1.66. The first-order chi connectivity index (χ1) is 11.3.